The summed E-state index contributed by atoms with van der Waals surface area (Å²) in [5.74, 6) is -1.90. The Bertz CT molecular complexity index is 1530. The van der Waals surface area contributed by atoms with Crippen LogP contribution in [0.3, 0.4) is 0 Å². The Balaban J connectivity index is 1.52. The quantitative estimate of drug-likeness (QED) is 0.177. The van der Waals surface area contributed by atoms with Crippen LogP contribution in [0.2, 0.25) is 5.02 Å². The van der Waals surface area contributed by atoms with E-state index in [0.29, 0.717) is 24.9 Å². The Morgan fingerprint density at radius 2 is 1.62 bits per heavy atom. The molecule has 8 nitrogen and oxygen atoms in total. The average molecular weight is 643 g/mol. The number of halogens is 4. The van der Waals surface area contributed by atoms with Crippen LogP contribution in [0.1, 0.15) is 59.2 Å². The molecule has 0 saturated carbocycles. The van der Waals surface area contributed by atoms with Gasteiger partial charge in [-0.25, -0.2) is 0 Å². The van der Waals surface area contributed by atoms with E-state index >= 15 is 0 Å². The molecule has 0 aromatic heterocycles. The van der Waals surface area contributed by atoms with E-state index in [2.05, 4.69) is 10.6 Å². The van der Waals surface area contributed by atoms with Gasteiger partial charge < -0.3 is 21.3 Å². The molecular formula is C33H34ClF3N4O4. The minimum absolute atomic E-state index is 0.0412. The van der Waals surface area contributed by atoms with Crippen molar-refractivity contribution in [3.63, 3.8) is 0 Å². The summed E-state index contributed by atoms with van der Waals surface area (Å²) in [7, 11) is 0. The Morgan fingerprint density at radius 3 is 2.31 bits per heavy atom. The van der Waals surface area contributed by atoms with Gasteiger partial charge in [-0.2, -0.15) is 13.2 Å². The third kappa shape index (κ3) is 8.92. The highest BCUT2D eigenvalue weighted by Gasteiger charge is 2.37. The predicted octanol–water partition coefficient (Wildman–Crippen LogP) is 5.53. The summed E-state index contributed by atoms with van der Waals surface area (Å²) >= 11 is 5.71. The number of carbonyl (C=O) groups excluding carboxylic acids is 4. The molecule has 0 bridgehead atoms. The smallest absolute Gasteiger partial charge is 0.342 e. The van der Waals surface area contributed by atoms with Crippen molar-refractivity contribution in [2.75, 3.05) is 11.9 Å². The molecule has 4 N–H and O–H groups in total. The standard InChI is InChI=1S/C33H34ClF3N4O4/c34-26-14-13-24(19-25(26)33(35,36)37)39-31(44)27(12-6-7-17-38)40-32(45)28-18-22-10-4-5-11-23(22)20-41(28)30(43)16-15-29(42)21-8-2-1-3-9-21/h1-5,8-11,13-14,19,27-28H,6-7,12,15-18,20,38H2,(H,39,44)(H,40,45)/t27-,28-/m0/s1. The number of nitrogens with two attached hydrogens (primary N) is 1. The Hall–Kier alpha value is -4.22. The van der Waals surface area contributed by atoms with Crippen LogP contribution < -0.4 is 16.4 Å². The molecule has 4 rings (SSSR count). The SMILES string of the molecule is NCCCC[C@H](NC(=O)[C@@H]1Cc2ccccc2CN1C(=O)CCC(=O)c1ccccc1)C(=O)Nc1ccc(Cl)c(C(F)(F)F)c1. The lowest BCUT2D eigenvalue weighted by molar-refractivity contribution is -0.142. The number of carbonyl (C=O) groups is 4. The van der Waals surface area contributed by atoms with E-state index in [-0.39, 0.29) is 49.6 Å². The fourth-order valence-electron chi connectivity index (χ4n) is 5.23. The monoisotopic (exact) mass is 642 g/mol. The van der Waals surface area contributed by atoms with Gasteiger partial charge in [-0.3, -0.25) is 19.2 Å². The topological polar surface area (TPSA) is 122 Å². The average Bonchev–Trinajstić information content (AvgIpc) is 3.03. The molecule has 1 aliphatic heterocycles. The van der Waals surface area contributed by atoms with Gasteiger partial charge in [0, 0.05) is 37.1 Å². The molecule has 1 aliphatic rings. The maximum absolute atomic E-state index is 13.8. The van der Waals surface area contributed by atoms with Gasteiger partial charge in [0.2, 0.25) is 17.7 Å². The summed E-state index contributed by atoms with van der Waals surface area (Å²) in [6.45, 7) is 0.486. The fraction of sp³-hybridized carbons (Fsp3) is 0.333. The normalized spacial score (nSPS) is 15.1. The lowest BCUT2D eigenvalue weighted by atomic mass is 9.92. The third-order valence-electron chi connectivity index (χ3n) is 7.65. The number of alkyl halides is 3. The van der Waals surface area contributed by atoms with Crippen molar-refractivity contribution in [3.05, 3.63) is 100 Å². The van der Waals surface area contributed by atoms with Crippen molar-refractivity contribution in [2.45, 2.75) is 63.3 Å². The minimum atomic E-state index is -4.73. The van der Waals surface area contributed by atoms with Crippen LogP contribution in [0.5, 0.6) is 0 Å². The Labute approximate surface area is 264 Å². The number of fused-ring (bicyclic) bond motifs is 1. The lowest BCUT2D eigenvalue weighted by Crippen LogP contribution is -2.56. The number of benzene rings is 3. The highest BCUT2D eigenvalue weighted by atomic mass is 35.5. The zero-order valence-corrected chi connectivity index (χ0v) is 25.2. The number of amides is 3. The van der Waals surface area contributed by atoms with Gasteiger partial charge >= 0.3 is 6.18 Å². The van der Waals surface area contributed by atoms with Crippen molar-refractivity contribution in [2.24, 2.45) is 5.73 Å². The first-order valence-electron chi connectivity index (χ1n) is 14.6. The van der Waals surface area contributed by atoms with Crippen LogP contribution in [-0.4, -0.2) is 47.0 Å². The van der Waals surface area contributed by atoms with Gasteiger partial charge in [0.15, 0.2) is 5.78 Å². The number of hydrogen-bond acceptors (Lipinski definition) is 5. The molecule has 0 saturated heterocycles. The summed E-state index contributed by atoms with van der Waals surface area (Å²) < 4.78 is 40.2. The third-order valence-corrected chi connectivity index (χ3v) is 7.98. The molecule has 0 unspecified atom stereocenters. The molecule has 45 heavy (non-hydrogen) atoms. The summed E-state index contributed by atoms with van der Waals surface area (Å²) in [5, 5.41) is 4.67. The van der Waals surface area contributed by atoms with Gasteiger partial charge in [0.25, 0.3) is 0 Å². The first-order valence-corrected chi connectivity index (χ1v) is 15.0. The number of nitrogens with zero attached hydrogens (tertiary/aromatic N) is 1. The van der Waals surface area contributed by atoms with Crippen molar-refractivity contribution < 1.29 is 32.3 Å². The molecule has 0 fully saturated rings. The second-order valence-corrected chi connectivity index (χ2v) is 11.2. The van der Waals surface area contributed by atoms with E-state index in [4.69, 9.17) is 17.3 Å². The number of hydrogen-bond donors (Lipinski definition) is 3. The van der Waals surface area contributed by atoms with E-state index in [9.17, 15) is 32.3 Å². The van der Waals surface area contributed by atoms with E-state index in [1.807, 2.05) is 24.3 Å². The molecule has 3 aromatic rings. The molecule has 1 heterocycles. The Morgan fingerprint density at radius 1 is 0.933 bits per heavy atom. The van der Waals surface area contributed by atoms with Crippen molar-refractivity contribution >= 4 is 40.8 Å². The number of unbranched alkanes of at least 4 members (excludes halogenated alkanes) is 1. The van der Waals surface area contributed by atoms with Crippen molar-refractivity contribution in [3.8, 4) is 0 Å². The second kappa shape index (κ2) is 15.2. The first-order chi connectivity index (χ1) is 21.5. The molecule has 238 valence electrons. The first kappa shape index (κ1) is 33.7. The Kier molecular flexibility index (Phi) is 11.4. The number of rotatable bonds is 12. The van der Waals surface area contributed by atoms with Crippen LogP contribution in [0.25, 0.3) is 0 Å². The summed E-state index contributed by atoms with van der Waals surface area (Å²) in [6, 6.07) is 16.9. The van der Waals surface area contributed by atoms with E-state index in [0.717, 1.165) is 23.3 Å². The predicted molar refractivity (Wildman–Crippen MR) is 164 cm³/mol. The maximum Gasteiger partial charge on any atom is 0.417 e. The summed E-state index contributed by atoms with van der Waals surface area (Å²) in [5.41, 5.74) is 6.59. The molecule has 3 aromatic carbocycles. The van der Waals surface area contributed by atoms with Gasteiger partial charge in [-0.15, -0.1) is 0 Å². The van der Waals surface area contributed by atoms with Gasteiger partial charge in [0.05, 0.1) is 10.6 Å². The highest BCUT2D eigenvalue weighted by Crippen LogP contribution is 2.36. The van der Waals surface area contributed by atoms with Crippen molar-refractivity contribution in [1.29, 1.82) is 0 Å². The number of ketones is 1. The zero-order chi connectivity index (χ0) is 32.6. The molecule has 3 amide bonds. The van der Waals surface area contributed by atoms with E-state index < -0.39 is 40.7 Å². The largest absolute Gasteiger partial charge is 0.417 e. The van der Waals surface area contributed by atoms with E-state index in [1.54, 1.807) is 30.3 Å². The molecule has 12 heteroatoms. The zero-order valence-electron chi connectivity index (χ0n) is 24.4. The molecule has 0 aliphatic carbocycles. The van der Waals surface area contributed by atoms with Gasteiger partial charge in [-0.05, 0) is 55.1 Å². The van der Waals surface area contributed by atoms with Crippen molar-refractivity contribution in [1.82, 2.24) is 10.2 Å². The van der Waals surface area contributed by atoms with E-state index in [1.165, 1.54) is 11.0 Å². The number of Topliss-reactive ketones (excluding diaryl/α,β-unsaturated/α-hetero) is 1. The van der Waals surface area contributed by atoms with Crippen LogP contribution in [0, 0.1) is 0 Å². The maximum atomic E-state index is 13.8. The summed E-state index contributed by atoms with van der Waals surface area (Å²) in [4.78, 5) is 54.6. The van der Waals surface area contributed by atoms with Gasteiger partial charge in [-0.1, -0.05) is 66.2 Å². The number of nitrogens with one attached hydrogen (secondary N) is 2. The van der Waals surface area contributed by atoms with Crippen LogP contribution >= 0.6 is 11.6 Å². The van der Waals surface area contributed by atoms with Crippen LogP contribution in [0.15, 0.2) is 72.8 Å². The molecular weight excluding hydrogens is 609 g/mol. The van der Waals surface area contributed by atoms with Gasteiger partial charge in [0.1, 0.15) is 12.1 Å². The highest BCUT2D eigenvalue weighted by molar-refractivity contribution is 6.31. The summed E-state index contributed by atoms with van der Waals surface area (Å²) in [6.07, 6.45) is -3.53. The minimum Gasteiger partial charge on any atom is -0.342 e. The molecule has 0 spiro atoms. The second-order valence-electron chi connectivity index (χ2n) is 10.8. The van der Waals surface area contributed by atoms with Crippen LogP contribution in [0.4, 0.5) is 18.9 Å². The number of anilines is 1. The lowest BCUT2D eigenvalue weighted by Gasteiger charge is -2.37. The molecule has 2 atom stereocenters. The fourth-order valence-corrected chi connectivity index (χ4v) is 5.46. The van der Waals surface area contributed by atoms with Crippen LogP contribution in [-0.2, 0) is 33.5 Å². The molecule has 0 radical (unpaired) electrons.